The van der Waals surface area contributed by atoms with Gasteiger partial charge >= 0.3 is 0 Å². The largest absolute Gasteiger partial charge is 0.497 e. The molecular formula is C23H34O2. The number of methoxy groups -OCH3 is 1. The molecule has 3 aliphatic carbocycles. The van der Waals surface area contributed by atoms with Crippen LogP contribution in [-0.2, 0) is 6.42 Å². The molecule has 0 unspecified atom stereocenters. The molecule has 0 aromatic heterocycles. The molecule has 4 rings (SSSR count). The SMILES string of the molecule is CCC1(CC)C[C@H](O)[C@@]2(C)CC[C@@H]3c4ccc(OC)cc4CC[C@H]3[C@H]12. The van der Waals surface area contributed by atoms with Crippen molar-refractivity contribution in [1.29, 1.82) is 0 Å². The molecule has 3 aliphatic rings. The maximum atomic E-state index is 11.0. The summed E-state index contributed by atoms with van der Waals surface area (Å²) in [5, 5.41) is 11.0. The van der Waals surface area contributed by atoms with Crippen LogP contribution in [0.15, 0.2) is 18.2 Å². The summed E-state index contributed by atoms with van der Waals surface area (Å²) in [5.74, 6) is 3.07. The van der Waals surface area contributed by atoms with Gasteiger partial charge in [-0.3, -0.25) is 0 Å². The fraction of sp³-hybridized carbons (Fsp3) is 0.739. The van der Waals surface area contributed by atoms with Gasteiger partial charge in [0.05, 0.1) is 13.2 Å². The van der Waals surface area contributed by atoms with Gasteiger partial charge in [-0.25, -0.2) is 0 Å². The first-order valence-corrected chi connectivity index (χ1v) is 10.3. The highest BCUT2D eigenvalue weighted by Crippen LogP contribution is 2.68. The van der Waals surface area contributed by atoms with E-state index in [0.717, 1.165) is 18.1 Å². The average Bonchev–Trinajstić information content (AvgIpc) is 2.88. The number of hydrogen-bond acceptors (Lipinski definition) is 2. The van der Waals surface area contributed by atoms with Crippen molar-refractivity contribution in [3.8, 4) is 5.75 Å². The van der Waals surface area contributed by atoms with E-state index in [9.17, 15) is 5.11 Å². The summed E-state index contributed by atoms with van der Waals surface area (Å²) >= 11 is 0. The third-order valence-electron chi connectivity index (χ3n) is 8.58. The first kappa shape index (κ1) is 17.4. The first-order chi connectivity index (χ1) is 12.0. The minimum absolute atomic E-state index is 0.115. The number of rotatable bonds is 3. The van der Waals surface area contributed by atoms with Crippen LogP contribution in [0.4, 0.5) is 0 Å². The van der Waals surface area contributed by atoms with Crippen molar-refractivity contribution in [3.63, 3.8) is 0 Å². The number of benzene rings is 1. The van der Waals surface area contributed by atoms with Gasteiger partial charge in [0.1, 0.15) is 5.75 Å². The molecule has 0 saturated heterocycles. The van der Waals surface area contributed by atoms with Crippen molar-refractivity contribution in [1.82, 2.24) is 0 Å². The smallest absolute Gasteiger partial charge is 0.119 e. The molecule has 0 aliphatic heterocycles. The predicted octanol–water partition coefficient (Wildman–Crippen LogP) is 5.33. The molecule has 1 aromatic carbocycles. The third-order valence-corrected chi connectivity index (χ3v) is 8.58. The van der Waals surface area contributed by atoms with Gasteiger partial charge < -0.3 is 9.84 Å². The summed E-state index contributed by atoms with van der Waals surface area (Å²) in [6.45, 7) is 7.11. The second-order valence-electron chi connectivity index (χ2n) is 9.19. The molecule has 1 N–H and O–H groups in total. The zero-order chi connectivity index (χ0) is 17.8. The van der Waals surface area contributed by atoms with Crippen LogP contribution in [0.3, 0.4) is 0 Å². The maximum absolute atomic E-state index is 11.0. The van der Waals surface area contributed by atoms with Crippen LogP contribution in [0.1, 0.15) is 76.3 Å². The Morgan fingerprint density at radius 1 is 1.20 bits per heavy atom. The zero-order valence-corrected chi connectivity index (χ0v) is 16.3. The van der Waals surface area contributed by atoms with Gasteiger partial charge in [-0.05, 0) is 83.9 Å². The average molecular weight is 343 g/mol. The van der Waals surface area contributed by atoms with Gasteiger partial charge in [0.15, 0.2) is 0 Å². The Hall–Kier alpha value is -1.02. The van der Waals surface area contributed by atoms with Crippen molar-refractivity contribution in [2.75, 3.05) is 7.11 Å². The van der Waals surface area contributed by atoms with Gasteiger partial charge in [0.25, 0.3) is 0 Å². The number of ether oxygens (including phenoxy) is 1. The van der Waals surface area contributed by atoms with E-state index in [1.54, 1.807) is 12.7 Å². The quantitative estimate of drug-likeness (QED) is 0.804. The van der Waals surface area contributed by atoms with Gasteiger partial charge in [-0.15, -0.1) is 0 Å². The van der Waals surface area contributed by atoms with Gasteiger partial charge in [-0.2, -0.15) is 0 Å². The van der Waals surface area contributed by atoms with E-state index < -0.39 is 0 Å². The van der Waals surface area contributed by atoms with Crippen LogP contribution in [0.5, 0.6) is 5.75 Å². The van der Waals surface area contributed by atoms with Crippen LogP contribution in [0.2, 0.25) is 0 Å². The Kier molecular flexibility index (Phi) is 4.18. The number of aliphatic hydroxyl groups excluding tert-OH is 1. The first-order valence-electron chi connectivity index (χ1n) is 10.3. The van der Waals surface area contributed by atoms with E-state index in [4.69, 9.17) is 4.74 Å². The van der Waals surface area contributed by atoms with E-state index in [2.05, 4.69) is 39.0 Å². The van der Waals surface area contributed by atoms with Crippen molar-refractivity contribution in [2.45, 2.75) is 77.7 Å². The van der Waals surface area contributed by atoms with E-state index >= 15 is 0 Å². The second kappa shape index (κ2) is 6.01. The molecule has 1 aromatic rings. The van der Waals surface area contributed by atoms with E-state index in [-0.39, 0.29) is 11.5 Å². The van der Waals surface area contributed by atoms with Gasteiger partial charge in [0.2, 0.25) is 0 Å². The number of fused-ring (bicyclic) bond motifs is 5. The fourth-order valence-corrected chi connectivity index (χ4v) is 7.17. The standard InChI is InChI=1S/C23H34O2/c1-5-23(6-2)14-20(24)22(3)12-11-18-17-10-8-16(25-4)13-15(17)7-9-19(18)21(22)23/h8,10,13,18-21,24H,5-7,9,11-12,14H2,1-4H3/t18-,19-,20+,21+,22-/m1/s1. The summed E-state index contributed by atoms with van der Waals surface area (Å²) in [4.78, 5) is 0. The van der Waals surface area contributed by atoms with Crippen molar-refractivity contribution in [3.05, 3.63) is 29.3 Å². The van der Waals surface area contributed by atoms with Crippen molar-refractivity contribution >= 4 is 0 Å². The van der Waals surface area contributed by atoms with Crippen LogP contribution < -0.4 is 4.74 Å². The highest BCUT2D eigenvalue weighted by molar-refractivity contribution is 5.41. The number of hydrogen-bond donors (Lipinski definition) is 1. The van der Waals surface area contributed by atoms with Crippen LogP contribution in [-0.4, -0.2) is 18.3 Å². The number of aliphatic hydroxyl groups is 1. The minimum atomic E-state index is -0.115. The summed E-state index contributed by atoms with van der Waals surface area (Å²) in [6, 6.07) is 6.74. The summed E-state index contributed by atoms with van der Waals surface area (Å²) in [6.07, 6.45) is 8.17. The molecule has 138 valence electrons. The molecule has 2 fully saturated rings. The fourth-order valence-electron chi connectivity index (χ4n) is 7.17. The molecule has 0 radical (unpaired) electrons. The number of aryl methyl sites for hydroxylation is 1. The highest BCUT2D eigenvalue weighted by Gasteiger charge is 2.63. The molecule has 2 nitrogen and oxygen atoms in total. The lowest BCUT2D eigenvalue weighted by Gasteiger charge is -2.54. The molecule has 0 spiro atoms. The van der Waals surface area contributed by atoms with Crippen LogP contribution in [0, 0.1) is 22.7 Å². The Morgan fingerprint density at radius 2 is 1.96 bits per heavy atom. The van der Waals surface area contributed by atoms with Gasteiger partial charge in [0, 0.05) is 0 Å². The Labute approximate surface area is 153 Å². The second-order valence-corrected chi connectivity index (χ2v) is 9.19. The normalized spacial score (nSPS) is 38.6. The van der Waals surface area contributed by atoms with Crippen LogP contribution in [0.25, 0.3) is 0 Å². The van der Waals surface area contributed by atoms with Crippen LogP contribution >= 0.6 is 0 Å². The lowest BCUT2D eigenvalue weighted by molar-refractivity contribution is -0.0487. The van der Waals surface area contributed by atoms with E-state index in [0.29, 0.717) is 17.3 Å². The summed E-state index contributed by atoms with van der Waals surface area (Å²) in [5.41, 5.74) is 3.53. The molecule has 25 heavy (non-hydrogen) atoms. The maximum Gasteiger partial charge on any atom is 0.119 e. The summed E-state index contributed by atoms with van der Waals surface area (Å²) in [7, 11) is 1.76. The lowest BCUT2D eigenvalue weighted by Crippen LogP contribution is -2.47. The van der Waals surface area contributed by atoms with E-state index in [1.165, 1.54) is 44.1 Å². The molecular weight excluding hydrogens is 308 g/mol. The van der Waals surface area contributed by atoms with Gasteiger partial charge in [-0.1, -0.05) is 39.7 Å². The molecule has 0 amide bonds. The molecule has 2 heteroatoms. The Bertz CT molecular complexity index is 647. The summed E-state index contributed by atoms with van der Waals surface area (Å²) < 4.78 is 5.45. The minimum Gasteiger partial charge on any atom is -0.497 e. The zero-order valence-electron chi connectivity index (χ0n) is 16.3. The molecule has 0 heterocycles. The predicted molar refractivity (Wildman–Crippen MR) is 102 cm³/mol. The van der Waals surface area contributed by atoms with E-state index in [1.807, 2.05) is 0 Å². The van der Waals surface area contributed by atoms with Crippen molar-refractivity contribution < 1.29 is 9.84 Å². The molecule has 2 saturated carbocycles. The Balaban J connectivity index is 1.75. The molecule has 0 bridgehead atoms. The molecule has 5 atom stereocenters. The highest BCUT2D eigenvalue weighted by atomic mass is 16.5. The topological polar surface area (TPSA) is 29.5 Å². The Morgan fingerprint density at radius 3 is 2.64 bits per heavy atom. The van der Waals surface area contributed by atoms with Crippen molar-refractivity contribution in [2.24, 2.45) is 22.7 Å². The third kappa shape index (κ3) is 2.32. The monoisotopic (exact) mass is 342 g/mol. The lowest BCUT2D eigenvalue weighted by atomic mass is 9.50.